The summed E-state index contributed by atoms with van der Waals surface area (Å²) < 4.78 is 1.25. The molecular formula is C16H18ClN5O4. The van der Waals surface area contributed by atoms with Gasteiger partial charge in [-0.15, -0.1) is 12.4 Å². The Labute approximate surface area is 155 Å². The largest absolute Gasteiger partial charge is 0.350 e. The average Bonchev–Trinajstić information content (AvgIpc) is 2.53. The first-order chi connectivity index (χ1) is 12.0. The van der Waals surface area contributed by atoms with Crippen molar-refractivity contribution < 1.29 is 9.72 Å². The van der Waals surface area contributed by atoms with Gasteiger partial charge in [-0.3, -0.25) is 19.7 Å². The Morgan fingerprint density at radius 2 is 2.12 bits per heavy atom. The van der Waals surface area contributed by atoms with E-state index < -0.39 is 16.3 Å². The topological polar surface area (TPSA) is 119 Å². The number of nitro benzene ring substituents is 1. The van der Waals surface area contributed by atoms with E-state index in [0.29, 0.717) is 18.2 Å². The lowest BCUT2D eigenvalue weighted by Gasteiger charge is -2.26. The Balaban J connectivity index is 0.00000243. The van der Waals surface area contributed by atoms with Crippen LogP contribution in [0.5, 0.6) is 0 Å². The number of carbonyl (C=O) groups is 1. The standard InChI is InChI=1S/C16H17N5O4.ClH/c1-10-6-14(22)15(16(23)18-9-11-7-17-8-11)19-20(10)12-4-2-3-5-13(12)21(24)25;/h2-6,11,17H,7-9H2,1H3,(H,18,23);1H. The third-order valence-corrected chi connectivity index (χ3v) is 4.05. The minimum absolute atomic E-state index is 0. The Kier molecular flexibility index (Phi) is 6.06. The molecule has 1 amide bonds. The van der Waals surface area contributed by atoms with Gasteiger partial charge in [-0.1, -0.05) is 12.1 Å². The summed E-state index contributed by atoms with van der Waals surface area (Å²) in [6.07, 6.45) is 0. The Hall–Kier alpha value is -2.78. The van der Waals surface area contributed by atoms with E-state index >= 15 is 0 Å². The molecule has 1 aliphatic rings. The molecule has 0 spiro atoms. The van der Waals surface area contributed by atoms with Gasteiger partial charge in [0, 0.05) is 43.4 Å². The highest BCUT2D eigenvalue weighted by atomic mass is 35.5. The highest BCUT2D eigenvalue weighted by Gasteiger charge is 2.22. The molecule has 26 heavy (non-hydrogen) atoms. The molecule has 1 aliphatic heterocycles. The number of amides is 1. The van der Waals surface area contributed by atoms with Crippen LogP contribution in [-0.4, -0.2) is 40.2 Å². The van der Waals surface area contributed by atoms with E-state index in [0.717, 1.165) is 13.1 Å². The first-order valence-electron chi connectivity index (χ1n) is 7.81. The van der Waals surface area contributed by atoms with E-state index in [4.69, 9.17) is 0 Å². The van der Waals surface area contributed by atoms with E-state index in [9.17, 15) is 19.7 Å². The lowest BCUT2D eigenvalue weighted by molar-refractivity contribution is -0.384. The summed E-state index contributed by atoms with van der Waals surface area (Å²) >= 11 is 0. The Morgan fingerprint density at radius 3 is 2.73 bits per heavy atom. The van der Waals surface area contributed by atoms with Crippen molar-refractivity contribution in [1.82, 2.24) is 20.4 Å². The number of para-hydroxylation sites is 2. The zero-order valence-electron chi connectivity index (χ0n) is 14.0. The lowest BCUT2D eigenvalue weighted by atomic mass is 10.0. The van der Waals surface area contributed by atoms with Crippen LogP contribution in [0.15, 0.2) is 35.1 Å². The Morgan fingerprint density at radius 1 is 1.42 bits per heavy atom. The van der Waals surface area contributed by atoms with Gasteiger partial charge in [-0.25, -0.2) is 4.68 Å². The molecule has 1 fully saturated rings. The van der Waals surface area contributed by atoms with Gasteiger partial charge in [-0.2, -0.15) is 5.10 Å². The van der Waals surface area contributed by atoms with Gasteiger partial charge in [0.05, 0.1) is 4.92 Å². The fourth-order valence-electron chi connectivity index (χ4n) is 2.56. The van der Waals surface area contributed by atoms with Gasteiger partial charge >= 0.3 is 0 Å². The quantitative estimate of drug-likeness (QED) is 0.586. The zero-order chi connectivity index (χ0) is 18.0. The maximum atomic E-state index is 12.3. The second-order valence-corrected chi connectivity index (χ2v) is 5.89. The first kappa shape index (κ1) is 19.5. The number of aromatic nitrogens is 2. The summed E-state index contributed by atoms with van der Waals surface area (Å²) in [5, 5.41) is 21.1. The highest BCUT2D eigenvalue weighted by Crippen LogP contribution is 2.22. The number of aryl methyl sites for hydroxylation is 1. The van der Waals surface area contributed by atoms with E-state index in [-0.39, 0.29) is 29.5 Å². The number of carbonyl (C=O) groups excluding carboxylic acids is 1. The second-order valence-electron chi connectivity index (χ2n) is 5.89. The highest BCUT2D eigenvalue weighted by molar-refractivity contribution is 5.92. The van der Waals surface area contributed by atoms with Crippen molar-refractivity contribution in [3.05, 3.63) is 62.1 Å². The van der Waals surface area contributed by atoms with Gasteiger partial charge in [0.2, 0.25) is 5.43 Å². The summed E-state index contributed by atoms with van der Waals surface area (Å²) in [6, 6.07) is 7.29. The molecule has 2 heterocycles. The molecule has 2 aromatic rings. The van der Waals surface area contributed by atoms with Crippen molar-refractivity contribution in [3.63, 3.8) is 0 Å². The second kappa shape index (κ2) is 8.07. The molecule has 2 N–H and O–H groups in total. The third kappa shape index (κ3) is 3.89. The van der Waals surface area contributed by atoms with Crippen LogP contribution in [0.2, 0.25) is 0 Å². The summed E-state index contributed by atoms with van der Waals surface area (Å²) in [7, 11) is 0. The molecule has 3 rings (SSSR count). The molecule has 1 saturated heterocycles. The third-order valence-electron chi connectivity index (χ3n) is 4.05. The van der Waals surface area contributed by atoms with Crippen LogP contribution < -0.4 is 16.1 Å². The molecule has 138 valence electrons. The fourth-order valence-corrected chi connectivity index (χ4v) is 2.56. The molecule has 10 heteroatoms. The molecule has 0 aliphatic carbocycles. The zero-order valence-corrected chi connectivity index (χ0v) is 14.8. The summed E-state index contributed by atoms with van der Waals surface area (Å²) in [4.78, 5) is 35.1. The minimum Gasteiger partial charge on any atom is -0.350 e. The van der Waals surface area contributed by atoms with Crippen LogP contribution in [0.3, 0.4) is 0 Å². The number of rotatable bonds is 5. The van der Waals surface area contributed by atoms with Crippen LogP contribution in [0.25, 0.3) is 5.69 Å². The van der Waals surface area contributed by atoms with Crippen molar-refractivity contribution in [2.45, 2.75) is 6.92 Å². The van der Waals surface area contributed by atoms with Crippen molar-refractivity contribution >= 4 is 24.0 Å². The van der Waals surface area contributed by atoms with E-state index in [1.807, 2.05) is 0 Å². The number of nitrogens with zero attached hydrogens (tertiary/aromatic N) is 3. The summed E-state index contributed by atoms with van der Waals surface area (Å²) in [5.74, 6) is -0.240. The number of nitro groups is 1. The van der Waals surface area contributed by atoms with E-state index in [1.165, 1.54) is 22.9 Å². The molecule has 0 bridgehead atoms. The Bertz CT molecular complexity index is 894. The lowest BCUT2D eigenvalue weighted by Crippen LogP contribution is -2.48. The monoisotopic (exact) mass is 379 g/mol. The van der Waals surface area contributed by atoms with Gasteiger partial charge in [0.1, 0.15) is 5.69 Å². The molecule has 1 aromatic carbocycles. The maximum absolute atomic E-state index is 12.3. The normalized spacial score (nSPS) is 13.4. The predicted octanol–water partition coefficient (Wildman–Crippen LogP) is 0.820. The number of hydrogen-bond donors (Lipinski definition) is 2. The van der Waals surface area contributed by atoms with Crippen LogP contribution in [0, 0.1) is 23.0 Å². The van der Waals surface area contributed by atoms with Crippen LogP contribution in [0.4, 0.5) is 5.69 Å². The molecule has 9 nitrogen and oxygen atoms in total. The molecule has 0 radical (unpaired) electrons. The van der Waals surface area contributed by atoms with E-state index in [2.05, 4.69) is 15.7 Å². The molecule has 0 saturated carbocycles. The summed E-state index contributed by atoms with van der Waals surface area (Å²) in [6.45, 7) is 3.70. The molecular weight excluding hydrogens is 362 g/mol. The minimum atomic E-state index is -0.579. The molecule has 0 atom stereocenters. The van der Waals surface area contributed by atoms with Gasteiger partial charge in [0.15, 0.2) is 5.69 Å². The predicted molar refractivity (Wildman–Crippen MR) is 97.2 cm³/mol. The van der Waals surface area contributed by atoms with Gasteiger partial charge in [-0.05, 0) is 13.0 Å². The number of hydrogen-bond acceptors (Lipinski definition) is 6. The maximum Gasteiger partial charge on any atom is 0.294 e. The van der Waals surface area contributed by atoms with Crippen LogP contribution in [0.1, 0.15) is 16.2 Å². The smallest absolute Gasteiger partial charge is 0.294 e. The van der Waals surface area contributed by atoms with Gasteiger partial charge < -0.3 is 10.6 Å². The van der Waals surface area contributed by atoms with E-state index in [1.54, 1.807) is 19.1 Å². The van der Waals surface area contributed by atoms with Crippen molar-refractivity contribution in [2.75, 3.05) is 19.6 Å². The van der Waals surface area contributed by atoms with Crippen molar-refractivity contribution in [2.24, 2.45) is 5.92 Å². The fraction of sp³-hybridized carbons (Fsp3) is 0.312. The summed E-state index contributed by atoms with van der Waals surface area (Å²) in [5.41, 5.74) is -0.359. The van der Waals surface area contributed by atoms with Crippen molar-refractivity contribution in [1.29, 1.82) is 0 Å². The van der Waals surface area contributed by atoms with Gasteiger partial charge in [0.25, 0.3) is 11.6 Å². The number of benzene rings is 1. The average molecular weight is 380 g/mol. The van der Waals surface area contributed by atoms with Crippen LogP contribution in [-0.2, 0) is 0 Å². The number of nitrogens with one attached hydrogen (secondary N) is 2. The van der Waals surface area contributed by atoms with Crippen LogP contribution >= 0.6 is 12.4 Å². The first-order valence-corrected chi connectivity index (χ1v) is 7.81. The molecule has 1 aromatic heterocycles. The number of halogens is 1. The SMILES string of the molecule is Cc1cc(=O)c(C(=O)NCC2CNC2)nn1-c1ccccc1[N+](=O)[O-].Cl. The molecule has 0 unspecified atom stereocenters. The van der Waals surface area contributed by atoms with Crippen molar-refractivity contribution in [3.8, 4) is 5.69 Å².